The van der Waals surface area contributed by atoms with E-state index < -0.39 is 17.5 Å². The molecule has 7 heteroatoms. The van der Waals surface area contributed by atoms with E-state index in [1.54, 1.807) is 24.3 Å². The number of ether oxygens (including phenoxy) is 2. The molecule has 0 aliphatic heterocycles. The van der Waals surface area contributed by atoms with Crippen LogP contribution in [0.3, 0.4) is 0 Å². The molecule has 0 aliphatic rings. The number of halogens is 2. The molecule has 2 aromatic carbocycles. The molecule has 0 spiro atoms. The summed E-state index contributed by atoms with van der Waals surface area (Å²) >= 11 is 0. The minimum absolute atomic E-state index is 0.218. The first-order valence-electron chi connectivity index (χ1n) is 8.67. The summed E-state index contributed by atoms with van der Waals surface area (Å²) in [6.07, 6.45) is 3.25. The normalized spacial score (nSPS) is 10.9. The molecule has 2 aromatic rings. The Kier molecular flexibility index (Phi) is 7.52. The predicted molar refractivity (Wildman–Crippen MR) is 102 cm³/mol. The van der Waals surface area contributed by atoms with Crippen molar-refractivity contribution < 1.29 is 23.0 Å². The van der Waals surface area contributed by atoms with Crippen LogP contribution in [-0.4, -0.2) is 19.6 Å². The summed E-state index contributed by atoms with van der Waals surface area (Å²) in [4.78, 5) is 12.3. The van der Waals surface area contributed by atoms with E-state index >= 15 is 0 Å². The van der Waals surface area contributed by atoms with Crippen molar-refractivity contribution in [2.24, 2.45) is 0 Å². The van der Waals surface area contributed by atoms with Gasteiger partial charge < -0.3 is 14.8 Å². The van der Waals surface area contributed by atoms with Crippen LogP contribution in [-0.2, 0) is 4.79 Å². The van der Waals surface area contributed by atoms with Crippen molar-refractivity contribution in [3.8, 4) is 17.6 Å². The van der Waals surface area contributed by atoms with Gasteiger partial charge in [0.2, 0.25) is 0 Å². The summed E-state index contributed by atoms with van der Waals surface area (Å²) in [5, 5.41) is 11.5. The lowest BCUT2D eigenvalue weighted by Crippen LogP contribution is -2.14. The largest absolute Gasteiger partial charge is 0.493 e. The van der Waals surface area contributed by atoms with E-state index in [1.165, 1.54) is 13.2 Å². The molecular weight excluding hydrogens is 366 g/mol. The van der Waals surface area contributed by atoms with Crippen LogP contribution in [0.15, 0.2) is 42.0 Å². The summed E-state index contributed by atoms with van der Waals surface area (Å²) in [6, 6.07) is 9.51. The van der Waals surface area contributed by atoms with Gasteiger partial charge >= 0.3 is 0 Å². The molecule has 0 heterocycles. The number of anilines is 1. The van der Waals surface area contributed by atoms with E-state index in [2.05, 4.69) is 12.2 Å². The van der Waals surface area contributed by atoms with Crippen LogP contribution in [0, 0.1) is 23.0 Å². The fraction of sp³-hybridized carbons (Fsp3) is 0.238. The van der Waals surface area contributed by atoms with Crippen LogP contribution >= 0.6 is 0 Å². The second-order valence-corrected chi connectivity index (χ2v) is 5.86. The third kappa shape index (κ3) is 5.55. The number of carbonyl (C=O) groups excluding carboxylic acids is 1. The van der Waals surface area contributed by atoms with E-state index in [4.69, 9.17) is 9.47 Å². The number of amides is 1. The van der Waals surface area contributed by atoms with Crippen LogP contribution in [0.5, 0.6) is 11.5 Å². The SMILES string of the molecule is CCCCOc1ccc(/C=C(\C#N)C(=O)Nc2ccc(F)cc2F)cc1OC. The van der Waals surface area contributed by atoms with Gasteiger partial charge in [-0.25, -0.2) is 8.78 Å². The number of hydrogen-bond donors (Lipinski definition) is 1. The van der Waals surface area contributed by atoms with E-state index in [0.29, 0.717) is 29.7 Å². The second kappa shape index (κ2) is 10.1. The molecule has 5 nitrogen and oxygen atoms in total. The third-order valence-electron chi connectivity index (χ3n) is 3.80. The molecule has 0 bridgehead atoms. The highest BCUT2D eigenvalue weighted by atomic mass is 19.1. The van der Waals surface area contributed by atoms with E-state index in [9.17, 15) is 18.8 Å². The molecular formula is C21H20F2N2O3. The van der Waals surface area contributed by atoms with Gasteiger partial charge in [-0.15, -0.1) is 0 Å². The van der Waals surface area contributed by atoms with Crippen molar-refractivity contribution in [1.29, 1.82) is 5.26 Å². The maximum atomic E-state index is 13.7. The van der Waals surface area contributed by atoms with E-state index in [0.717, 1.165) is 25.0 Å². The molecule has 2 rings (SSSR count). The molecule has 0 radical (unpaired) electrons. The molecule has 1 amide bonds. The topological polar surface area (TPSA) is 71.3 Å². The van der Waals surface area contributed by atoms with Gasteiger partial charge in [-0.3, -0.25) is 4.79 Å². The Morgan fingerprint density at radius 3 is 2.64 bits per heavy atom. The lowest BCUT2D eigenvalue weighted by molar-refractivity contribution is -0.112. The fourth-order valence-corrected chi connectivity index (χ4v) is 2.32. The van der Waals surface area contributed by atoms with Crippen LogP contribution < -0.4 is 14.8 Å². The zero-order chi connectivity index (χ0) is 20.5. The lowest BCUT2D eigenvalue weighted by Gasteiger charge is -2.11. The van der Waals surface area contributed by atoms with Gasteiger partial charge in [-0.1, -0.05) is 19.4 Å². The number of nitrogens with one attached hydrogen (secondary N) is 1. The maximum Gasteiger partial charge on any atom is 0.266 e. The van der Waals surface area contributed by atoms with E-state index in [-0.39, 0.29) is 11.3 Å². The Labute approximate surface area is 162 Å². The summed E-state index contributed by atoms with van der Waals surface area (Å²) < 4.78 is 37.6. The Hall–Kier alpha value is -3.40. The van der Waals surface area contributed by atoms with Gasteiger partial charge in [0.1, 0.15) is 23.3 Å². The van der Waals surface area contributed by atoms with Gasteiger partial charge in [0.15, 0.2) is 11.5 Å². The molecule has 28 heavy (non-hydrogen) atoms. The minimum atomic E-state index is -0.930. The van der Waals surface area contributed by atoms with Gasteiger partial charge in [0, 0.05) is 6.07 Å². The average Bonchev–Trinajstić information content (AvgIpc) is 2.69. The van der Waals surface area contributed by atoms with Gasteiger partial charge in [-0.05, 0) is 42.3 Å². The summed E-state index contributed by atoms with van der Waals surface area (Å²) in [7, 11) is 1.49. The van der Waals surface area contributed by atoms with Crippen molar-refractivity contribution in [2.45, 2.75) is 19.8 Å². The number of rotatable bonds is 8. The zero-order valence-corrected chi connectivity index (χ0v) is 15.6. The quantitative estimate of drug-likeness (QED) is 0.406. The number of nitriles is 1. The number of carbonyl (C=O) groups is 1. The molecule has 0 atom stereocenters. The molecule has 0 aliphatic carbocycles. The summed E-state index contributed by atoms with van der Waals surface area (Å²) in [5.74, 6) is -1.48. The highest BCUT2D eigenvalue weighted by molar-refractivity contribution is 6.09. The number of hydrogen-bond acceptors (Lipinski definition) is 4. The molecule has 0 saturated heterocycles. The zero-order valence-electron chi connectivity index (χ0n) is 15.6. The number of nitrogens with zero attached hydrogens (tertiary/aromatic N) is 1. The van der Waals surface area contributed by atoms with Crippen LogP contribution in [0.2, 0.25) is 0 Å². The maximum absolute atomic E-state index is 13.7. The van der Waals surface area contributed by atoms with Gasteiger partial charge in [0.05, 0.1) is 19.4 Å². The molecule has 0 unspecified atom stereocenters. The molecule has 0 fully saturated rings. The number of methoxy groups -OCH3 is 1. The highest BCUT2D eigenvalue weighted by Crippen LogP contribution is 2.29. The molecule has 0 saturated carbocycles. The predicted octanol–water partition coefficient (Wildman–Crippen LogP) is 4.70. The first-order chi connectivity index (χ1) is 13.5. The van der Waals surface area contributed by atoms with Crippen molar-refractivity contribution >= 4 is 17.7 Å². The lowest BCUT2D eigenvalue weighted by atomic mass is 10.1. The average molecular weight is 386 g/mol. The van der Waals surface area contributed by atoms with Crippen molar-refractivity contribution in [3.05, 3.63) is 59.2 Å². The van der Waals surface area contributed by atoms with Crippen LogP contribution in [0.4, 0.5) is 14.5 Å². The van der Waals surface area contributed by atoms with Crippen LogP contribution in [0.1, 0.15) is 25.3 Å². The monoisotopic (exact) mass is 386 g/mol. The summed E-state index contributed by atoms with van der Waals surface area (Å²) in [5.41, 5.74) is 0.0706. The Morgan fingerprint density at radius 2 is 2.00 bits per heavy atom. The standard InChI is InChI=1S/C21H20F2N2O3/c1-3-4-9-28-19-8-5-14(11-20(19)27-2)10-15(13-24)21(26)25-18-7-6-16(22)12-17(18)23/h5-8,10-12H,3-4,9H2,1-2H3,(H,25,26)/b15-10+. The van der Waals surface area contributed by atoms with Gasteiger partial charge in [-0.2, -0.15) is 5.26 Å². The highest BCUT2D eigenvalue weighted by Gasteiger charge is 2.13. The molecule has 146 valence electrons. The Morgan fingerprint density at radius 1 is 1.21 bits per heavy atom. The van der Waals surface area contributed by atoms with Gasteiger partial charge in [0.25, 0.3) is 5.91 Å². The fourth-order valence-electron chi connectivity index (χ4n) is 2.32. The van der Waals surface area contributed by atoms with Crippen LogP contribution in [0.25, 0.3) is 6.08 Å². The van der Waals surface area contributed by atoms with Crippen molar-refractivity contribution in [3.63, 3.8) is 0 Å². The van der Waals surface area contributed by atoms with Crippen molar-refractivity contribution in [2.75, 3.05) is 19.0 Å². The molecule has 0 aromatic heterocycles. The Balaban J connectivity index is 2.20. The smallest absolute Gasteiger partial charge is 0.266 e. The number of unbranched alkanes of at least 4 members (excludes halogenated alkanes) is 1. The minimum Gasteiger partial charge on any atom is -0.493 e. The molecule has 1 N–H and O–H groups in total. The van der Waals surface area contributed by atoms with E-state index in [1.807, 2.05) is 0 Å². The first kappa shape index (κ1) is 20.9. The number of benzene rings is 2. The van der Waals surface area contributed by atoms with Crippen molar-refractivity contribution in [1.82, 2.24) is 0 Å². The first-order valence-corrected chi connectivity index (χ1v) is 8.67. The Bertz CT molecular complexity index is 920. The second-order valence-electron chi connectivity index (χ2n) is 5.86. The summed E-state index contributed by atoms with van der Waals surface area (Å²) in [6.45, 7) is 2.61. The third-order valence-corrected chi connectivity index (χ3v) is 3.80.